The van der Waals surface area contributed by atoms with Gasteiger partial charge in [-0.05, 0) is 12.1 Å². The number of rotatable bonds is 5. The van der Waals surface area contributed by atoms with Crippen LogP contribution in [-0.4, -0.2) is 23.6 Å². The van der Waals surface area contributed by atoms with E-state index in [0.29, 0.717) is 6.08 Å². The quantitative estimate of drug-likeness (QED) is 0.815. The molecule has 0 atom stereocenters. The lowest BCUT2D eigenvalue weighted by atomic mass is 10.3. The van der Waals surface area contributed by atoms with Crippen LogP contribution in [0.25, 0.3) is 0 Å². The second kappa shape index (κ2) is 7.06. The molecule has 0 saturated carbocycles. The molecule has 0 unspecified atom stereocenters. The molecule has 0 bridgehead atoms. The van der Waals surface area contributed by atoms with Gasteiger partial charge in [0.1, 0.15) is 0 Å². The monoisotopic (exact) mass is 325 g/mol. The molecular weight excluding hydrogens is 319 g/mol. The minimum Gasteiger partial charge on any atom is -0.478 e. The fourth-order valence-corrected chi connectivity index (χ4v) is 1.74. The van der Waals surface area contributed by atoms with Crippen LogP contribution in [0.1, 0.15) is 0 Å². The van der Waals surface area contributed by atoms with Gasteiger partial charge in [0, 0.05) is 17.8 Å². The first kappa shape index (κ1) is 16.2. The van der Waals surface area contributed by atoms with Crippen LogP contribution in [0.15, 0.2) is 24.3 Å². The molecule has 0 radical (unpaired) electrons. The fraction of sp³-hybridized carbons (Fsp3) is 0.0909. The lowest BCUT2D eigenvalue weighted by molar-refractivity contribution is -0.131. The van der Waals surface area contributed by atoms with Crippen molar-refractivity contribution in [2.75, 3.05) is 5.32 Å². The van der Waals surface area contributed by atoms with Crippen molar-refractivity contribution < 1.29 is 28.2 Å². The number of alkyl halides is 2. The molecular formula is C11H7Cl2F2NO4. The lowest BCUT2D eigenvalue weighted by Gasteiger charge is -2.11. The summed E-state index contributed by atoms with van der Waals surface area (Å²) in [5, 5.41) is 10.1. The SMILES string of the molecule is O=C(O)/C=C/C(=O)Nc1cc(Cl)c(OC(F)F)c(Cl)c1. The van der Waals surface area contributed by atoms with Gasteiger partial charge in [0.25, 0.3) is 0 Å². The van der Waals surface area contributed by atoms with E-state index >= 15 is 0 Å². The number of carboxylic acids is 1. The number of nitrogens with one attached hydrogen (secondary N) is 1. The van der Waals surface area contributed by atoms with Gasteiger partial charge in [-0.25, -0.2) is 4.79 Å². The Balaban J connectivity index is 2.89. The van der Waals surface area contributed by atoms with Gasteiger partial charge >= 0.3 is 12.6 Å². The summed E-state index contributed by atoms with van der Waals surface area (Å²) in [5.41, 5.74) is 0.0988. The third kappa shape index (κ3) is 5.02. The van der Waals surface area contributed by atoms with E-state index < -0.39 is 24.2 Å². The number of ether oxygens (including phenoxy) is 1. The predicted octanol–water partition coefficient (Wildman–Crippen LogP) is 3.17. The van der Waals surface area contributed by atoms with E-state index in [2.05, 4.69) is 10.1 Å². The molecule has 0 aliphatic rings. The Kier molecular flexibility index (Phi) is 5.72. The lowest BCUT2D eigenvalue weighted by Crippen LogP contribution is -2.09. The minimum atomic E-state index is -3.09. The molecule has 0 aliphatic heterocycles. The van der Waals surface area contributed by atoms with Crippen molar-refractivity contribution in [3.8, 4) is 5.75 Å². The number of carboxylic acid groups (broad SMARTS) is 1. The molecule has 20 heavy (non-hydrogen) atoms. The average Bonchev–Trinajstić information content (AvgIpc) is 2.31. The molecule has 9 heteroatoms. The van der Waals surface area contributed by atoms with E-state index in [9.17, 15) is 18.4 Å². The number of hydrogen-bond acceptors (Lipinski definition) is 3. The number of carbonyl (C=O) groups is 2. The zero-order valence-corrected chi connectivity index (χ0v) is 11.1. The first-order valence-corrected chi connectivity index (χ1v) is 5.71. The van der Waals surface area contributed by atoms with Crippen molar-refractivity contribution in [3.05, 3.63) is 34.3 Å². The highest BCUT2D eigenvalue weighted by Crippen LogP contribution is 2.36. The Labute approximate surface area is 121 Å². The van der Waals surface area contributed by atoms with E-state index in [0.717, 1.165) is 18.2 Å². The third-order valence-corrected chi connectivity index (χ3v) is 2.41. The van der Waals surface area contributed by atoms with Crippen LogP contribution in [0.4, 0.5) is 14.5 Å². The van der Waals surface area contributed by atoms with Crippen LogP contribution in [-0.2, 0) is 9.59 Å². The number of benzene rings is 1. The van der Waals surface area contributed by atoms with E-state index in [1.54, 1.807) is 0 Å². The maximum absolute atomic E-state index is 12.1. The number of hydrogen-bond donors (Lipinski definition) is 2. The number of aliphatic carboxylic acids is 1. The zero-order valence-electron chi connectivity index (χ0n) is 9.57. The van der Waals surface area contributed by atoms with Gasteiger partial charge in [0.05, 0.1) is 10.0 Å². The Morgan fingerprint density at radius 3 is 2.25 bits per heavy atom. The molecule has 0 fully saturated rings. The van der Waals surface area contributed by atoms with Crippen LogP contribution in [0, 0.1) is 0 Å². The van der Waals surface area contributed by atoms with Gasteiger partial charge in [-0.2, -0.15) is 8.78 Å². The molecule has 0 saturated heterocycles. The Bertz CT molecular complexity index is 540. The average molecular weight is 326 g/mol. The molecule has 0 spiro atoms. The maximum atomic E-state index is 12.1. The molecule has 5 nitrogen and oxygen atoms in total. The molecule has 108 valence electrons. The van der Waals surface area contributed by atoms with Gasteiger partial charge < -0.3 is 15.2 Å². The summed E-state index contributed by atoms with van der Waals surface area (Å²) >= 11 is 11.4. The van der Waals surface area contributed by atoms with Crippen LogP contribution in [0.2, 0.25) is 10.0 Å². The van der Waals surface area contributed by atoms with Crippen LogP contribution in [0.5, 0.6) is 5.75 Å². The summed E-state index contributed by atoms with van der Waals surface area (Å²) in [5.74, 6) is -2.46. The summed E-state index contributed by atoms with van der Waals surface area (Å²) in [6, 6.07) is 2.27. The Morgan fingerprint density at radius 2 is 1.80 bits per heavy atom. The summed E-state index contributed by atoms with van der Waals surface area (Å²) in [6.45, 7) is -3.09. The molecule has 1 aromatic carbocycles. The second-order valence-corrected chi connectivity index (χ2v) is 4.12. The largest absolute Gasteiger partial charge is 0.478 e. The van der Waals surface area contributed by atoms with Crippen molar-refractivity contribution in [3.63, 3.8) is 0 Å². The number of halogens is 4. The first-order chi connectivity index (χ1) is 9.29. The molecule has 2 N–H and O–H groups in total. The number of amides is 1. The van der Waals surface area contributed by atoms with Gasteiger partial charge in [0.15, 0.2) is 5.75 Å². The predicted molar refractivity (Wildman–Crippen MR) is 68.5 cm³/mol. The molecule has 0 aliphatic carbocycles. The van der Waals surface area contributed by atoms with E-state index in [4.69, 9.17) is 28.3 Å². The number of anilines is 1. The molecule has 1 rings (SSSR count). The van der Waals surface area contributed by atoms with Crippen molar-refractivity contribution in [1.29, 1.82) is 0 Å². The maximum Gasteiger partial charge on any atom is 0.387 e. The summed E-state index contributed by atoms with van der Waals surface area (Å²) in [6.07, 6.45) is 1.40. The smallest absolute Gasteiger partial charge is 0.387 e. The van der Waals surface area contributed by atoms with E-state index in [1.807, 2.05) is 0 Å². The minimum absolute atomic E-state index is 0.0988. The van der Waals surface area contributed by atoms with Gasteiger partial charge in [-0.1, -0.05) is 23.2 Å². The van der Waals surface area contributed by atoms with Crippen LogP contribution < -0.4 is 10.1 Å². The van der Waals surface area contributed by atoms with Crippen molar-refractivity contribution >= 4 is 40.8 Å². The zero-order chi connectivity index (χ0) is 15.3. The van der Waals surface area contributed by atoms with E-state index in [-0.39, 0.29) is 15.7 Å². The second-order valence-electron chi connectivity index (χ2n) is 3.31. The Hall–Kier alpha value is -1.86. The van der Waals surface area contributed by atoms with Crippen molar-refractivity contribution in [2.45, 2.75) is 6.61 Å². The van der Waals surface area contributed by atoms with Gasteiger partial charge in [-0.3, -0.25) is 4.79 Å². The fourth-order valence-electron chi connectivity index (χ4n) is 1.16. The van der Waals surface area contributed by atoms with Gasteiger partial charge in [0.2, 0.25) is 5.91 Å². The van der Waals surface area contributed by atoms with E-state index in [1.165, 1.54) is 0 Å². The first-order valence-electron chi connectivity index (χ1n) is 4.95. The topological polar surface area (TPSA) is 75.6 Å². The third-order valence-electron chi connectivity index (χ3n) is 1.85. The molecule has 0 heterocycles. The number of carbonyl (C=O) groups excluding carboxylic acids is 1. The van der Waals surface area contributed by atoms with Gasteiger partial charge in [-0.15, -0.1) is 0 Å². The van der Waals surface area contributed by atoms with Crippen LogP contribution >= 0.6 is 23.2 Å². The van der Waals surface area contributed by atoms with Crippen molar-refractivity contribution in [2.24, 2.45) is 0 Å². The Morgan fingerprint density at radius 1 is 1.25 bits per heavy atom. The highest BCUT2D eigenvalue weighted by atomic mass is 35.5. The highest BCUT2D eigenvalue weighted by Gasteiger charge is 2.14. The standard InChI is InChI=1S/C11H7Cl2F2NO4/c12-6-3-5(16-8(17)1-2-9(18)19)4-7(13)10(6)20-11(14)15/h1-4,11H,(H,16,17)(H,18,19)/b2-1+. The molecule has 1 aromatic rings. The van der Waals surface area contributed by atoms with Crippen LogP contribution in [0.3, 0.4) is 0 Å². The van der Waals surface area contributed by atoms with Crippen molar-refractivity contribution in [1.82, 2.24) is 0 Å². The molecule has 1 amide bonds. The summed E-state index contributed by atoms with van der Waals surface area (Å²) < 4.78 is 28.3. The summed E-state index contributed by atoms with van der Waals surface area (Å²) in [4.78, 5) is 21.5. The highest BCUT2D eigenvalue weighted by molar-refractivity contribution is 6.37. The summed E-state index contributed by atoms with van der Waals surface area (Å²) in [7, 11) is 0. The normalized spacial score (nSPS) is 10.8. The molecule has 0 aromatic heterocycles.